The van der Waals surface area contributed by atoms with Gasteiger partial charge in [0.25, 0.3) is 0 Å². The van der Waals surface area contributed by atoms with Crippen LogP contribution in [-0.2, 0) is 0 Å². The van der Waals surface area contributed by atoms with Crippen LogP contribution in [0.4, 0.5) is 5.82 Å². The first kappa shape index (κ1) is 12.9. The molecule has 2 rings (SSSR count). The summed E-state index contributed by atoms with van der Waals surface area (Å²) in [4.78, 5) is 25.8. The van der Waals surface area contributed by atoms with Crippen molar-refractivity contribution in [2.45, 2.75) is 19.9 Å². The molecule has 0 N–H and O–H groups in total. The summed E-state index contributed by atoms with van der Waals surface area (Å²) < 4.78 is 1.44. The van der Waals surface area contributed by atoms with Gasteiger partial charge in [-0.1, -0.05) is 29.8 Å². The lowest BCUT2D eigenvalue weighted by Crippen LogP contribution is -2.15. The van der Waals surface area contributed by atoms with Crippen molar-refractivity contribution in [2.75, 3.05) is 0 Å². The first-order valence-corrected chi connectivity index (χ1v) is 5.78. The van der Waals surface area contributed by atoms with Crippen molar-refractivity contribution in [2.24, 2.45) is 0 Å². The molecule has 0 saturated heterocycles. The quantitative estimate of drug-likeness (QED) is 0.480. The average molecular weight is 259 g/mol. The van der Waals surface area contributed by atoms with E-state index in [0.717, 1.165) is 5.56 Å². The third-order valence-electron chi connectivity index (χ3n) is 2.94. The fourth-order valence-electron chi connectivity index (χ4n) is 1.73. The van der Waals surface area contributed by atoms with Crippen molar-refractivity contribution in [1.29, 1.82) is 0 Å². The van der Waals surface area contributed by atoms with Crippen molar-refractivity contribution < 1.29 is 9.72 Å². The van der Waals surface area contributed by atoms with E-state index in [0.29, 0.717) is 5.56 Å². The van der Waals surface area contributed by atoms with Crippen LogP contribution in [-0.4, -0.2) is 20.3 Å². The molecule has 1 heterocycles. The summed E-state index contributed by atoms with van der Waals surface area (Å²) in [6, 6.07) is 6.69. The molecule has 6 nitrogen and oxygen atoms in total. The van der Waals surface area contributed by atoms with Crippen molar-refractivity contribution in [3.63, 3.8) is 0 Å². The van der Waals surface area contributed by atoms with E-state index in [2.05, 4.69) is 4.98 Å². The van der Waals surface area contributed by atoms with E-state index in [-0.39, 0.29) is 11.6 Å². The Morgan fingerprint density at radius 1 is 1.37 bits per heavy atom. The molecule has 98 valence electrons. The zero-order chi connectivity index (χ0) is 14.0. The van der Waals surface area contributed by atoms with Gasteiger partial charge in [0, 0.05) is 5.56 Å². The molecule has 1 aromatic carbocycles. The lowest BCUT2D eigenvalue weighted by molar-refractivity contribution is -0.389. The smallest absolute Gasteiger partial charge is 0.358 e. The molecule has 19 heavy (non-hydrogen) atoms. The Balaban J connectivity index is 2.22. The minimum Gasteiger partial charge on any atom is -0.358 e. The lowest BCUT2D eigenvalue weighted by Gasteiger charge is -2.10. The summed E-state index contributed by atoms with van der Waals surface area (Å²) in [6.45, 7) is 3.63. The summed E-state index contributed by atoms with van der Waals surface area (Å²) >= 11 is 0. The second-order valence-electron chi connectivity index (χ2n) is 4.34. The van der Waals surface area contributed by atoms with Gasteiger partial charge in [-0.05, 0) is 23.8 Å². The first-order valence-electron chi connectivity index (χ1n) is 5.78. The topological polar surface area (TPSA) is 78.0 Å². The van der Waals surface area contributed by atoms with Crippen LogP contribution in [0.15, 0.2) is 36.8 Å². The normalized spacial score (nSPS) is 12.1. The number of hydrogen-bond donors (Lipinski definition) is 0. The maximum Gasteiger partial charge on any atom is 0.381 e. The molecule has 1 unspecified atom stereocenters. The largest absolute Gasteiger partial charge is 0.381 e. The van der Waals surface area contributed by atoms with E-state index in [1.807, 2.05) is 19.1 Å². The van der Waals surface area contributed by atoms with E-state index in [4.69, 9.17) is 0 Å². The van der Waals surface area contributed by atoms with E-state index < -0.39 is 11.0 Å². The van der Waals surface area contributed by atoms with Gasteiger partial charge < -0.3 is 10.1 Å². The molecule has 2 aromatic rings. The van der Waals surface area contributed by atoms with Gasteiger partial charge in [-0.3, -0.25) is 9.36 Å². The van der Waals surface area contributed by atoms with Gasteiger partial charge in [0.1, 0.15) is 6.20 Å². The zero-order valence-electron chi connectivity index (χ0n) is 10.6. The summed E-state index contributed by atoms with van der Waals surface area (Å²) in [5.74, 6) is -0.365. The Labute approximate surface area is 109 Å². The van der Waals surface area contributed by atoms with Crippen LogP contribution >= 0.6 is 0 Å². The van der Waals surface area contributed by atoms with Gasteiger partial charge in [-0.15, -0.1) is 0 Å². The number of benzene rings is 1. The maximum atomic E-state index is 12.2. The minimum atomic E-state index is -0.584. The molecule has 0 aliphatic heterocycles. The highest BCUT2D eigenvalue weighted by molar-refractivity contribution is 5.98. The highest BCUT2D eigenvalue weighted by Crippen LogP contribution is 2.17. The van der Waals surface area contributed by atoms with E-state index in [1.54, 1.807) is 19.1 Å². The van der Waals surface area contributed by atoms with Gasteiger partial charge in [0.15, 0.2) is 5.78 Å². The summed E-state index contributed by atoms with van der Waals surface area (Å²) in [5.41, 5.74) is 1.65. The number of aryl methyl sites for hydroxylation is 1. The molecule has 6 heteroatoms. The fraction of sp³-hybridized carbons (Fsp3) is 0.231. The number of carbonyl (C=O) groups excluding carboxylic acids is 1. The van der Waals surface area contributed by atoms with Crippen LogP contribution in [0.5, 0.6) is 0 Å². The van der Waals surface area contributed by atoms with Gasteiger partial charge in [0.2, 0.25) is 6.33 Å². The highest BCUT2D eigenvalue weighted by atomic mass is 16.6. The predicted octanol–water partition coefficient (Wildman–Crippen LogP) is 2.54. The van der Waals surface area contributed by atoms with E-state index >= 15 is 0 Å². The van der Waals surface area contributed by atoms with Crippen LogP contribution in [0.25, 0.3) is 0 Å². The van der Waals surface area contributed by atoms with Gasteiger partial charge in [0.05, 0.1) is 6.04 Å². The van der Waals surface area contributed by atoms with Crippen LogP contribution in [0.1, 0.15) is 28.9 Å². The average Bonchev–Trinajstić information content (AvgIpc) is 2.87. The standard InChI is InChI=1S/C13H13N3O3/c1-9-3-5-11(6-4-9)13(17)10(2)15-7-12(14-8-15)16(18)19/h3-8,10H,1-2H3. The molecule has 1 atom stereocenters. The molecule has 0 amide bonds. The lowest BCUT2D eigenvalue weighted by atomic mass is 10.0. The van der Waals surface area contributed by atoms with Crippen LogP contribution in [0.3, 0.4) is 0 Å². The third kappa shape index (κ3) is 2.67. The third-order valence-corrected chi connectivity index (χ3v) is 2.94. The van der Waals surface area contributed by atoms with Gasteiger partial charge in [-0.2, -0.15) is 0 Å². The molecular weight excluding hydrogens is 246 g/mol. The van der Waals surface area contributed by atoms with Crippen molar-refractivity contribution in [3.8, 4) is 0 Å². The predicted molar refractivity (Wildman–Crippen MR) is 69.1 cm³/mol. The summed E-state index contributed by atoms with van der Waals surface area (Å²) in [6.07, 6.45) is 2.56. The second kappa shape index (κ2) is 5.01. The first-order chi connectivity index (χ1) is 8.99. The molecular formula is C13H13N3O3. The Morgan fingerprint density at radius 2 is 2.00 bits per heavy atom. The number of nitro groups is 1. The number of aromatic nitrogens is 2. The molecule has 1 aromatic heterocycles. The Morgan fingerprint density at radius 3 is 2.53 bits per heavy atom. The Bertz CT molecular complexity index is 616. The van der Waals surface area contributed by atoms with Crippen LogP contribution < -0.4 is 0 Å². The van der Waals surface area contributed by atoms with Crippen LogP contribution in [0.2, 0.25) is 0 Å². The maximum absolute atomic E-state index is 12.2. The molecule has 0 spiro atoms. The number of imidazole rings is 1. The molecule has 0 aliphatic rings. The van der Waals surface area contributed by atoms with Crippen molar-refractivity contribution in [3.05, 3.63) is 58.0 Å². The SMILES string of the molecule is Cc1ccc(C(=O)C(C)n2cnc([N+](=O)[O-])c2)cc1. The molecule has 0 bridgehead atoms. The minimum absolute atomic E-state index is 0.104. The highest BCUT2D eigenvalue weighted by Gasteiger charge is 2.20. The van der Waals surface area contributed by atoms with Crippen molar-refractivity contribution in [1.82, 2.24) is 9.55 Å². The number of hydrogen-bond acceptors (Lipinski definition) is 4. The number of Topliss-reactive ketones (excluding diaryl/α,β-unsaturated/α-hetero) is 1. The molecule has 0 fully saturated rings. The monoisotopic (exact) mass is 259 g/mol. The molecule has 0 saturated carbocycles. The van der Waals surface area contributed by atoms with E-state index in [9.17, 15) is 14.9 Å². The van der Waals surface area contributed by atoms with Crippen LogP contribution in [0, 0.1) is 17.0 Å². The second-order valence-corrected chi connectivity index (χ2v) is 4.34. The summed E-state index contributed by atoms with van der Waals surface area (Å²) in [7, 11) is 0. The molecule has 0 aliphatic carbocycles. The van der Waals surface area contributed by atoms with Crippen molar-refractivity contribution >= 4 is 11.6 Å². The van der Waals surface area contributed by atoms with Gasteiger partial charge >= 0.3 is 5.82 Å². The van der Waals surface area contributed by atoms with Gasteiger partial charge in [-0.25, -0.2) is 0 Å². The zero-order valence-corrected chi connectivity index (χ0v) is 10.6. The van der Waals surface area contributed by atoms with E-state index in [1.165, 1.54) is 17.1 Å². The number of carbonyl (C=O) groups is 1. The Hall–Kier alpha value is -2.50. The number of nitrogens with zero attached hydrogens (tertiary/aromatic N) is 3. The fourth-order valence-corrected chi connectivity index (χ4v) is 1.73. The number of rotatable bonds is 4. The number of ketones is 1. The molecule has 0 radical (unpaired) electrons. The Kier molecular flexibility index (Phi) is 3.41. The summed E-state index contributed by atoms with van der Waals surface area (Å²) in [5, 5.41) is 10.6.